The highest BCUT2D eigenvalue weighted by atomic mass is 19.4. The van der Waals surface area contributed by atoms with Crippen molar-refractivity contribution in [3.05, 3.63) is 29.6 Å². The minimum Gasteiger partial charge on any atom is -0.379 e. The Labute approximate surface area is 97.8 Å². The van der Waals surface area contributed by atoms with Gasteiger partial charge >= 0.3 is 6.18 Å². The summed E-state index contributed by atoms with van der Waals surface area (Å²) in [7, 11) is 0. The van der Waals surface area contributed by atoms with Crippen LogP contribution in [0, 0.1) is 0 Å². The lowest BCUT2D eigenvalue weighted by Gasteiger charge is -2.17. The Hall–Kier alpha value is -1.14. The number of rotatable bonds is 5. The summed E-state index contributed by atoms with van der Waals surface area (Å²) in [6.07, 6.45) is -1.37. The van der Waals surface area contributed by atoms with Crippen LogP contribution in [0.1, 0.15) is 30.5 Å². The fraction of sp³-hybridized carbons (Fsp3) is 0.545. The van der Waals surface area contributed by atoms with Gasteiger partial charge in [0.25, 0.3) is 0 Å². The molecule has 0 bridgehead atoms. The zero-order valence-electron chi connectivity index (χ0n) is 9.50. The SMILES string of the molecule is CCCOCC(N)c1cnccc1C(F)(F)F. The molecular weight excluding hydrogens is 233 g/mol. The predicted molar refractivity (Wildman–Crippen MR) is 57.3 cm³/mol. The van der Waals surface area contributed by atoms with Crippen LogP contribution in [0.5, 0.6) is 0 Å². The standard InChI is InChI=1S/C11H15F3N2O/c1-2-5-17-7-10(15)8-6-16-4-3-9(8)11(12,13)14/h3-4,6,10H,2,5,7,15H2,1H3. The summed E-state index contributed by atoms with van der Waals surface area (Å²) in [5.74, 6) is 0. The number of nitrogens with zero attached hydrogens (tertiary/aromatic N) is 1. The average Bonchev–Trinajstić information content (AvgIpc) is 2.28. The van der Waals surface area contributed by atoms with Gasteiger partial charge in [-0.2, -0.15) is 13.2 Å². The Bertz CT molecular complexity index is 355. The van der Waals surface area contributed by atoms with Crippen LogP contribution in [-0.2, 0) is 10.9 Å². The van der Waals surface area contributed by atoms with Gasteiger partial charge in [-0.25, -0.2) is 0 Å². The second-order valence-corrected chi connectivity index (χ2v) is 3.64. The predicted octanol–water partition coefficient (Wildman–Crippen LogP) is 2.53. The first-order valence-electron chi connectivity index (χ1n) is 5.31. The van der Waals surface area contributed by atoms with E-state index in [9.17, 15) is 13.2 Å². The van der Waals surface area contributed by atoms with Gasteiger partial charge in [0.05, 0.1) is 18.2 Å². The van der Waals surface area contributed by atoms with Gasteiger partial charge < -0.3 is 10.5 Å². The molecule has 0 amide bonds. The van der Waals surface area contributed by atoms with Crippen LogP contribution in [-0.4, -0.2) is 18.2 Å². The van der Waals surface area contributed by atoms with Crippen molar-refractivity contribution >= 4 is 0 Å². The lowest BCUT2D eigenvalue weighted by molar-refractivity contribution is -0.138. The molecule has 0 saturated heterocycles. The fourth-order valence-corrected chi connectivity index (χ4v) is 1.40. The molecule has 0 aliphatic carbocycles. The van der Waals surface area contributed by atoms with Crippen molar-refractivity contribution in [1.29, 1.82) is 0 Å². The molecule has 1 aromatic heterocycles. The minimum absolute atomic E-state index is 0.0314. The fourth-order valence-electron chi connectivity index (χ4n) is 1.40. The molecule has 0 aliphatic rings. The van der Waals surface area contributed by atoms with Crippen LogP contribution < -0.4 is 5.73 Å². The third-order valence-corrected chi connectivity index (χ3v) is 2.20. The third-order valence-electron chi connectivity index (χ3n) is 2.20. The highest BCUT2D eigenvalue weighted by Gasteiger charge is 2.34. The Morgan fingerprint density at radius 2 is 2.18 bits per heavy atom. The maximum Gasteiger partial charge on any atom is 0.416 e. The Morgan fingerprint density at radius 3 is 2.76 bits per heavy atom. The maximum absolute atomic E-state index is 12.7. The van der Waals surface area contributed by atoms with Crippen LogP contribution >= 0.6 is 0 Å². The van der Waals surface area contributed by atoms with Crippen LogP contribution in [0.3, 0.4) is 0 Å². The molecular formula is C11H15F3N2O. The van der Waals surface area contributed by atoms with E-state index in [4.69, 9.17) is 10.5 Å². The van der Waals surface area contributed by atoms with E-state index in [1.165, 1.54) is 0 Å². The number of aromatic nitrogens is 1. The van der Waals surface area contributed by atoms with Crippen molar-refractivity contribution in [2.24, 2.45) is 5.73 Å². The molecule has 0 fully saturated rings. The molecule has 6 heteroatoms. The van der Waals surface area contributed by atoms with Gasteiger partial charge in [-0.3, -0.25) is 4.98 Å². The van der Waals surface area contributed by atoms with Crippen molar-refractivity contribution in [1.82, 2.24) is 4.98 Å². The lowest BCUT2D eigenvalue weighted by Crippen LogP contribution is -2.22. The molecule has 1 atom stereocenters. The number of hydrogen-bond acceptors (Lipinski definition) is 3. The molecule has 96 valence electrons. The topological polar surface area (TPSA) is 48.1 Å². The molecule has 1 rings (SSSR count). The van der Waals surface area contributed by atoms with E-state index in [1.807, 2.05) is 6.92 Å². The molecule has 0 aromatic carbocycles. The smallest absolute Gasteiger partial charge is 0.379 e. The van der Waals surface area contributed by atoms with Gasteiger partial charge in [-0.1, -0.05) is 6.92 Å². The zero-order chi connectivity index (χ0) is 12.9. The maximum atomic E-state index is 12.7. The number of nitrogens with two attached hydrogens (primary N) is 1. The van der Waals surface area contributed by atoms with Crippen LogP contribution in [0.4, 0.5) is 13.2 Å². The van der Waals surface area contributed by atoms with E-state index in [1.54, 1.807) is 0 Å². The summed E-state index contributed by atoms with van der Waals surface area (Å²) in [5.41, 5.74) is 4.89. The molecule has 1 heterocycles. The van der Waals surface area contributed by atoms with Crippen molar-refractivity contribution in [2.45, 2.75) is 25.6 Å². The highest BCUT2D eigenvalue weighted by Crippen LogP contribution is 2.33. The molecule has 0 spiro atoms. The van der Waals surface area contributed by atoms with E-state index >= 15 is 0 Å². The van der Waals surface area contributed by atoms with Gasteiger partial charge in [0.15, 0.2) is 0 Å². The van der Waals surface area contributed by atoms with Crippen LogP contribution in [0.2, 0.25) is 0 Å². The van der Waals surface area contributed by atoms with Crippen molar-refractivity contribution in [3.63, 3.8) is 0 Å². The van der Waals surface area contributed by atoms with Crippen molar-refractivity contribution < 1.29 is 17.9 Å². The second-order valence-electron chi connectivity index (χ2n) is 3.64. The third kappa shape index (κ3) is 3.98. The van der Waals surface area contributed by atoms with E-state index < -0.39 is 17.8 Å². The van der Waals surface area contributed by atoms with Crippen LogP contribution in [0.25, 0.3) is 0 Å². The largest absolute Gasteiger partial charge is 0.416 e. The summed E-state index contributed by atoms with van der Waals surface area (Å²) < 4.78 is 43.2. The summed E-state index contributed by atoms with van der Waals surface area (Å²) in [6, 6.07) is 0.113. The van der Waals surface area contributed by atoms with Gasteiger partial charge in [0.1, 0.15) is 0 Å². The van der Waals surface area contributed by atoms with Gasteiger partial charge in [0.2, 0.25) is 0 Å². The van der Waals surface area contributed by atoms with Crippen molar-refractivity contribution in [2.75, 3.05) is 13.2 Å². The molecule has 3 nitrogen and oxygen atoms in total. The first-order chi connectivity index (χ1) is 7.96. The molecule has 1 unspecified atom stereocenters. The molecule has 1 aromatic rings. The second kappa shape index (κ2) is 5.97. The highest BCUT2D eigenvalue weighted by molar-refractivity contribution is 5.29. The van der Waals surface area contributed by atoms with E-state index in [-0.39, 0.29) is 12.2 Å². The normalized spacial score (nSPS) is 13.7. The zero-order valence-corrected chi connectivity index (χ0v) is 9.50. The number of hydrogen-bond donors (Lipinski definition) is 1. The molecule has 2 N–H and O–H groups in total. The number of halogens is 3. The van der Waals surface area contributed by atoms with E-state index in [2.05, 4.69) is 4.98 Å². The Balaban J connectivity index is 2.82. The number of pyridine rings is 1. The molecule has 0 aliphatic heterocycles. The summed E-state index contributed by atoms with van der Waals surface area (Å²) in [6.45, 7) is 2.45. The first kappa shape index (κ1) is 13.9. The number of alkyl halides is 3. The molecule has 0 radical (unpaired) electrons. The van der Waals surface area contributed by atoms with Gasteiger partial charge in [-0.05, 0) is 12.5 Å². The number of ether oxygens (including phenoxy) is 1. The minimum atomic E-state index is -4.42. The van der Waals surface area contributed by atoms with Gasteiger partial charge in [-0.15, -0.1) is 0 Å². The van der Waals surface area contributed by atoms with Crippen molar-refractivity contribution in [3.8, 4) is 0 Å². The molecule has 0 saturated carbocycles. The Morgan fingerprint density at radius 1 is 1.47 bits per heavy atom. The van der Waals surface area contributed by atoms with E-state index in [0.717, 1.165) is 24.9 Å². The lowest BCUT2D eigenvalue weighted by atomic mass is 10.0. The Kier molecular flexibility index (Phi) is 4.89. The van der Waals surface area contributed by atoms with Gasteiger partial charge in [0, 0.05) is 24.6 Å². The first-order valence-corrected chi connectivity index (χ1v) is 5.31. The summed E-state index contributed by atoms with van der Waals surface area (Å²) in [5, 5.41) is 0. The summed E-state index contributed by atoms with van der Waals surface area (Å²) >= 11 is 0. The van der Waals surface area contributed by atoms with E-state index in [0.29, 0.717) is 6.61 Å². The monoisotopic (exact) mass is 248 g/mol. The quantitative estimate of drug-likeness (QED) is 0.814. The molecule has 17 heavy (non-hydrogen) atoms. The summed E-state index contributed by atoms with van der Waals surface area (Å²) in [4.78, 5) is 3.67. The average molecular weight is 248 g/mol. The van der Waals surface area contributed by atoms with Crippen LogP contribution in [0.15, 0.2) is 18.5 Å².